The van der Waals surface area contributed by atoms with Crippen LogP contribution in [0.2, 0.25) is 0 Å². The lowest BCUT2D eigenvalue weighted by Crippen LogP contribution is -2.31. The maximum absolute atomic E-state index is 13.3. The van der Waals surface area contributed by atoms with Crippen LogP contribution < -0.4 is 10.6 Å². The van der Waals surface area contributed by atoms with E-state index in [4.69, 9.17) is 4.74 Å². The van der Waals surface area contributed by atoms with Crippen LogP contribution in [0.5, 0.6) is 0 Å². The highest BCUT2D eigenvalue weighted by Gasteiger charge is 2.36. The molecule has 0 spiro atoms. The third kappa shape index (κ3) is 4.89. The van der Waals surface area contributed by atoms with Crippen molar-refractivity contribution in [2.45, 2.75) is 19.3 Å². The number of carbonyl (C=O) groups is 1. The number of nitrogens with one attached hydrogen (secondary N) is 1. The van der Waals surface area contributed by atoms with Crippen LogP contribution in [0.1, 0.15) is 22.5 Å². The largest absolute Gasteiger partial charge is 0.445 e. The molecule has 0 aliphatic heterocycles. The molecule has 0 bridgehead atoms. The van der Waals surface area contributed by atoms with Gasteiger partial charge in [0.15, 0.2) is 0 Å². The lowest BCUT2D eigenvalue weighted by molar-refractivity contribution is 0.138. The minimum atomic E-state index is -3.95. The third-order valence-electron chi connectivity index (χ3n) is 4.34. The summed E-state index contributed by atoms with van der Waals surface area (Å²) >= 11 is 0. The van der Waals surface area contributed by atoms with Crippen molar-refractivity contribution >= 4 is 18.8 Å². The Morgan fingerprint density at radius 1 is 0.964 bits per heavy atom. The number of hydrogen-bond acceptors (Lipinski definition) is 3. The van der Waals surface area contributed by atoms with E-state index < -0.39 is 19.2 Å². The SMILES string of the molecule is Cc1ccc(C(NC(=O)OCc2ccccc2)P(=O)(O)c2ccccc2)cc1. The Balaban J connectivity index is 1.83. The zero-order valence-corrected chi connectivity index (χ0v) is 16.4. The molecule has 0 aromatic heterocycles. The van der Waals surface area contributed by atoms with Gasteiger partial charge in [0.1, 0.15) is 12.4 Å². The maximum Gasteiger partial charge on any atom is 0.408 e. The normalized spacial score (nSPS) is 13.9. The molecule has 2 unspecified atom stereocenters. The fourth-order valence-electron chi connectivity index (χ4n) is 2.79. The van der Waals surface area contributed by atoms with Crippen molar-refractivity contribution in [2.75, 3.05) is 0 Å². The molecule has 0 aliphatic rings. The zero-order chi connectivity index (χ0) is 20.0. The molecular weight excluding hydrogens is 373 g/mol. The van der Waals surface area contributed by atoms with Gasteiger partial charge in [-0.2, -0.15) is 0 Å². The number of aryl methyl sites for hydroxylation is 1. The summed E-state index contributed by atoms with van der Waals surface area (Å²) in [5.74, 6) is -1.11. The maximum atomic E-state index is 13.3. The summed E-state index contributed by atoms with van der Waals surface area (Å²) in [6.07, 6.45) is -0.750. The van der Waals surface area contributed by atoms with Gasteiger partial charge in [-0.25, -0.2) is 4.79 Å². The predicted molar refractivity (Wildman–Crippen MR) is 110 cm³/mol. The van der Waals surface area contributed by atoms with E-state index in [0.717, 1.165) is 11.1 Å². The number of carbonyl (C=O) groups excluding carboxylic acids is 1. The highest BCUT2D eigenvalue weighted by Crippen LogP contribution is 2.52. The molecule has 28 heavy (non-hydrogen) atoms. The van der Waals surface area contributed by atoms with Crippen LogP contribution in [0.4, 0.5) is 4.79 Å². The van der Waals surface area contributed by atoms with Gasteiger partial charge in [-0.05, 0) is 30.2 Å². The van der Waals surface area contributed by atoms with Crippen LogP contribution >= 0.6 is 7.37 Å². The van der Waals surface area contributed by atoms with Gasteiger partial charge in [0, 0.05) is 5.30 Å². The Hall–Kier alpha value is -2.88. The summed E-state index contributed by atoms with van der Waals surface area (Å²) in [6.45, 7) is 2.00. The smallest absolute Gasteiger partial charge is 0.408 e. The van der Waals surface area contributed by atoms with Gasteiger partial charge in [-0.1, -0.05) is 78.4 Å². The van der Waals surface area contributed by atoms with Crippen LogP contribution in [0.3, 0.4) is 0 Å². The van der Waals surface area contributed by atoms with Gasteiger partial charge in [0.05, 0.1) is 0 Å². The van der Waals surface area contributed by atoms with E-state index in [1.165, 1.54) is 0 Å². The van der Waals surface area contributed by atoms with Crippen LogP contribution in [0.25, 0.3) is 0 Å². The molecule has 2 atom stereocenters. The molecule has 0 radical (unpaired) electrons. The van der Waals surface area contributed by atoms with Gasteiger partial charge in [0.2, 0.25) is 0 Å². The first kappa shape index (κ1) is 19.9. The molecule has 3 aromatic rings. The minimum absolute atomic E-state index is 0.0777. The van der Waals surface area contributed by atoms with Crippen LogP contribution in [-0.2, 0) is 15.9 Å². The highest BCUT2D eigenvalue weighted by atomic mass is 31.2. The summed E-state index contributed by atoms with van der Waals surface area (Å²) in [6, 6.07) is 24.7. The van der Waals surface area contributed by atoms with Crippen molar-refractivity contribution < 1.29 is 19.0 Å². The summed E-state index contributed by atoms with van der Waals surface area (Å²) in [4.78, 5) is 23.3. The zero-order valence-electron chi connectivity index (χ0n) is 15.5. The number of hydrogen-bond donors (Lipinski definition) is 2. The summed E-state index contributed by atoms with van der Waals surface area (Å²) in [5, 5.41) is 2.86. The van der Waals surface area contributed by atoms with E-state index in [-0.39, 0.29) is 11.9 Å². The molecule has 144 valence electrons. The van der Waals surface area contributed by atoms with E-state index in [0.29, 0.717) is 5.56 Å². The monoisotopic (exact) mass is 395 g/mol. The van der Waals surface area contributed by atoms with Crippen LogP contribution in [-0.4, -0.2) is 11.0 Å². The lowest BCUT2D eigenvalue weighted by atomic mass is 10.1. The summed E-state index contributed by atoms with van der Waals surface area (Å²) < 4.78 is 18.5. The van der Waals surface area contributed by atoms with Gasteiger partial charge >= 0.3 is 6.09 Å². The van der Waals surface area contributed by atoms with Crippen molar-refractivity contribution in [1.29, 1.82) is 0 Å². The second-order valence-electron chi connectivity index (χ2n) is 6.48. The molecule has 0 heterocycles. The van der Waals surface area contributed by atoms with Crippen molar-refractivity contribution in [3.63, 3.8) is 0 Å². The van der Waals surface area contributed by atoms with Crippen molar-refractivity contribution in [3.05, 3.63) is 102 Å². The summed E-state index contributed by atoms with van der Waals surface area (Å²) in [5.41, 5.74) is 2.39. The van der Waals surface area contributed by atoms with Crippen LogP contribution in [0, 0.1) is 6.92 Å². The van der Waals surface area contributed by atoms with Gasteiger partial charge < -0.3 is 14.9 Å². The van der Waals surface area contributed by atoms with Gasteiger partial charge in [0.25, 0.3) is 7.37 Å². The molecule has 0 saturated carbocycles. The number of alkyl carbamates (subject to hydrolysis) is 1. The molecule has 1 amide bonds. The second-order valence-corrected chi connectivity index (χ2v) is 8.76. The number of amides is 1. The Morgan fingerprint density at radius 3 is 2.14 bits per heavy atom. The number of benzene rings is 3. The van der Waals surface area contributed by atoms with Crippen molar-refractivity contribution in [3.8, 4) is 0 Å². The first-order valence-corrected chi connectivity index (χ1v) is 10.6. The molecule has 0 saturated heterocycles. The fourth-order valence-corrected chi connectivity index (χ4v) is 4.54. The second kappa shape index (κ2) is 8.87. The Morgan fingerprint density at radius 2 is 1.54 bits per heavy atom. The van der Waals surface area contributed by atoms with Crippen LogP contribution in [0.15, 0.2) is 84.9 Å². The topological polar surface area (TPSA) is 75.6 Å². The highest BCUT2D eigenvalue weighted by molar-refractivity contribution is 7.66. The van der Waals surface area contributed by atoms with Gasteiger partial charge in [-0.15, -0.1) is 0 Å². The Kier molecular flexibility index (Phi) is 6.30. The average molecular weight is 395 g/mol. The Labute approximate surface area is 164 Å². The molecular formula is C22H22NO4P. The first-order valence-electron chi connectivity index (χ1n) is 8.88. The number of ether oxygens (including phenoxy) is 1. The van der Waals surface area contributed by atoms with E-state index >= 15 is 0 Å². The molecule has 3 rings (SSSR count). The van der Waals surface area contributed by atoms with E-state index in [9.17, 15) is 14.3 Å². The minimum Gasteiger partial charge on any atom is -0.445 e. The van der Waals surface area contributed by atoms with Gasteiger partial charge in [-0.3, -0.25) is 4.57 Å². The van der Waals surface area contributed by atoms with E-state index in [2.05, 4.69) is 5.32 Å². The molecule has 0 fully saturated rings. The predicted octanol–water partition coefficient (Wildman–Crippen LogP) is 4.52. The molecule has 3 aromatic carbocycles. The first-order chi connectivity index (χ1) is 13.5. The van der Waals surface area contributed by atoms with E-state index in [1.807, 2.05) is 49.4 Å². The standard InChI is InChI=1S/C22H22NO4P/c1-17-12-14-19(15-13-17)21(28(25,26)20-10-6-3-7-11-20)23-22(24)27-16-18-8-4-2-5-9-18/h2-15,21H,16H2,1H3,(H,23,24)(H,25,26). The quantitative estimate of drug-likeness (QED) is 0.602. The fraction of sp³-hybridized carbons (Fsp3) is 0.136. The molecule has 0 aliphatic carbocycles. The lowest BCUT2D eigenvalue weighted by Gasteiger charge is -2.25. The van der Waals surface area contributed by atoms with Crippen molar-refractivity contribution in [2.24, 2.45) is 0 Å². The molecule has 5 nitrogen and oxygen atoms in total. The summed E-state index contributed by atoms with van der Waals surface area (Å²) in [7, 11) is -3.95. The average Bonchev–Trinajstić information content (AvgIpc) is 2.72. The molecule has 6 heteroatoms. The third-order valence-corrected chi connectivity index (χ3v) is 6.50. The molecule has 2 N–H and O–H groups in total. The van der Waals surface area contributed by atoms with Crippen molar-refractivity contribution in [1.82, 2.24) is 5.32 Å². The van der Waals surface area contributed by atoms with E-state index in [1.54, 1.807) is 42.5 Å². The Bertz CT molecular complexity index is 959. The number of rotatable bonds is 6.